The normalized spacial score (nSPS) is 15.2. The van der Waals surface area contributed by atoms with Crippen LogP contribution in [-0.2, 0) is 26.2 Å². The second kappa shape index (κ2) is 12.5. The molecule has 0 bridgehead atoms. The Morgan fingerprint density at radius 3 is 2.35 bits per heavy atom. The highest BCUT2D eigenvalue weighted by Crippen LogP contribution is 2.27. The molecule has 0 radical (unpaired) electrons. The average molecular weight is 569 g/mol. The minimum absolute atomic E-state index is 0.0688. The molecule has 0 spiro atoms. The highest BCUT2D eigenvalue weighted by atomic mass is 35.5. The van der Waals surface area contributed by atoms with Crippen molar-refractivity contribution in [1.82, 2.24) is 10.2 Å². The number of carbonyl (C=O) groups excluding carboxylic acids is 2. The van der Waals surface area contributed by atoms with Crippen molar-refractivity contribution in [3.63, 3.8) is 0 Å². The van der Waals surface area contributed by atoms with Crippen molar-refractivity contribution in [3.05, 3.63) is 63.1 Å². The first-order valence-corrected chi connectivity index (χ1v) is 15.1. The number of halogens is 2. The molecule has 0 saturated heterocycles. The van der Waals surface area contributed by atoms with E-state index in [1.165, 1.54) is 4.90 Å². The predicted molar refractivity (Wildman–Crippen MR) is 150 cm³/mol. The second-order valence-corrected chi connectivity index (χ2v) is 12.5. The minimum atomic E-state index is -3.79. The molecule has 1 aliphatic carbocycles. The van der Waals surface area contributed by atoms with E-state index in [0.717, 1.165) is 53.8 Å². The summed E-state index contributed by atoms with van der Waals surface area (Å²) in [6.07, 6.45) is 6.17. The third-order valence-corrected chi connectivity index (χ3v) is 8.85. The van der Waals surface area contributed by atoms with Crippen LogP contribution in [0.4, 0.5) is 5.69 Å². The number of benzene rings is 2. The van der Waals surface area contributed by atoms with E-state index in [0.29, 0.717) is 21.3 Å². The molecule has 2 amide bonds. The van der Waals surface area contributed by atoms with Crippen LogP contribution in [0.3, 0.4) is 0 Å². The van der Waals surface area contributed by atoms with Gasteiger partial charge in [0.15, 0.2) is 0 Å². The molecule has 1 N–H and O–H groups in total. The lowest BCUT2D eigenvalue weighted by atomic mass is 9.95. The third kappa shape index (κ3) is 7.62. The lowest BCUT2D eigenvalue weighted by Gasteiger charge is -2.33. The molecule has 7 nitrogen and oxygen atoms in total. The van der Waals surface area contributed by atoms with Crippen molar-refractivity contribution in [1.29, 1.82) is 0 Å². The van der Waals surface area contributed by atoms with Gasteiger partial charge in [0.05, 0.1) is 22.0 Å². The molecule has 37 heavy (non-hydrogen) atoms. The second-order valence-electron chi connectivity index (χ2n) is 9.78. The maximum absolute atomic E-state index is 13.7. The SMILES string of the molecule is Cc1cccc(N(CC(=O)N(Cc2ccc(Cl)c(Cl)c2)[C@H](C)C(=O)NC2CCCCC2)S(C)(=O)=O)c1C. The van der Waals surface area contributed by atoms with Crippen LogP contribution in [0.15, 0.2) is 36.4 Å². The first-order chi connectivity index (χ1) is 17.4. The summed E-state index contributed by atoms with van der Waals surface area (Å²) in [5, 5.41) is 3.79. The zero-order valence-corrected chi connectivity index (χ0v) is 24.1. The molecule has 0 heterocycles. The number of anilines is 1. The Labute approximate surface area is 230 Å². The Morgan fingerprint density at radius 1 is 1.05 bits per heavy atom. The fourth-order valence-electron chi connectivity index (χ4n) is 4.59. The Hall–Kier alpha value is -2.29. The van der Waals surface area contributed by atoms with Crippen molar-refractivity contribution < 1.29 is 18.0 Å². The largest absolute Gasteiger partial charge is 0.352 e. The molecular formula is C27H35Cl2N3O4S. The van der Waals surface area contributed by atoms with E-state index in [9.17, 15) is 18.0 Å². The number of nitrogens with one attached hydrogen (secondary N) is 1. The molecule has 2 aromatic rings. The highest BCUT2D eigenvalue weighted by Gasteiger charge is 2.31. The summed E-state index contributed by atoms with van der Waals surface area (Å²) in [6.45, 7) is 5.00. The van der Waals surface area contributed by atoms with Gasteiger partial charge in [0.1, 0.15) is 12.6 Å². The molecular weight excluding hydrogens is 533 g/mol. The molecule has 2 aromatic carbocycles. The van der Waals surface area contributed by atoms with E-state index in [2.05, 4.69) is 5.32 Å². The molecule has 1 aliphatic rings. The number of hydrogen-bond acceptors (Lipinski definition) is 4. The minimum Gasteiger partial charge on any atom is -0.352 e. The van der Waals surface area contributed by atoms with Gasteiger partial charge in [0, 0.05) is 12.6 Å². The standard InChI is InChI=1S/C27H35Cl2N3O4S/c1-18-9-8-12-25(19(18)2)32(37(4,35)36)17-26(33)31(16-21-13-14-23(28)24(29)15-21)20(3)27(34)30-22-10-6-5-7-11-22/h8-9,12-15,20,22H,5-7,10-11,16-17H2,1-4H3,(H,30,34)/t20-/m1/s1. The number of rotatable bonds is 9. The number of aryl methyl sites for hydroxylation is 1. The first kappa shape index (κ1) is 29.3. The van der Waals surface area contributed by atoms with Crippen LogP contribution in [0.25, 0.3) is 0 Å². The fourth-order valence-corrected chi connectivity index (χ4v) is 5.81. The van der Waals surface area contributed by atoms with Crippen molar-refractivity contribution >= 4 is 50.7 Å². The summed E-state index contributed by atoms with van der Waals surface area (Å²) in [6, 6.07) is 9.58. The monoisotopic (exact) mass is 567 g/mol. The topological polar surface area (TPSA) is 86.8 Å². The molecule has 0 aliphatic heterocycles. The summed E-state index contributed by atoms with van der Waals surface area (Å²) < 4.78 is 26.7. The first-order valence-electron chi connectivity index (χ1n) is 12.5. The van der Waals surface area contributed by atoms with Gasteiger partial charge in [-0.05, 0) is 68.5 Å². The molecule has 1 saturated carbocycles. The van der Waals surface area contributed by atoms with E-state index < -0.39 is 28.5 Å². The summed E-state index contributed by atoms with van der Waals surface area (Å²) in [7, 11) is -3.79. The van der Waals surface area contributed by atoms with Crippen molar-refractivity contribution in [2.75, 3.05) is 17.1 Å². The van der Waals surface area contributed by atoms with Crippen LogP contribution >= 0.6 is 23.2 Å². The summed E-state index contributed by atoms with van der Waals surface area (Å²) in [4.78, 5) is 28.4. The number of nitrogens with zero attached hydrogens (tertiary/aromatic N) is 2. The maximum atomic E-state index is 13.7. The van der Waals surface area contributed by atoms with Crippen LogP contribution in [0.5, 0.6) is 0 Å². The van der Waals surface area contributed by atoms with Crippen LogP contribution in [-0.4, -0.2) is 50.0 Å². The molecule has 1 atom stereocenters. The molecule has 202 valence electrons. The molecule has 0 aromatic heterocycles. The van der Waals surface area contributed by atoms with Crippen molar-refractivity contribution in [3.8, 4) is 0 Å². The van der Waals surface area contributed by atoms with E-state index >= 15 is 0 Å². The van der Waals surface area contributed by atoms with Gasteiger partial charge in [-0.3, -0.25) is 13.9 Å². The van der Waals surface area contributed by atoms with Crippen LogP contribution in [0.1, 0.15) is 55.7 Å². The van der Waals surface area contributed by atoms with Gasteiger partial charge >= 0.3 is 0 Å². The van der Waals surface area contributed by atoms with Crippen LogP contribution in [0.2, 0.25) is 10.0 Å². The molecule has 1 fully saturated rings. The maximum Gasteiger partial charge on any atom is 0.244 e. The Balaban J connectivity index is 1.92. The van der Waals surface area contributed by atoms with Gasteiger partial charge in [-0.15, -0.1) is 0 Å². The van der Waals surface area contributed by atoms with E-state index in [1.807, 2.05) is 19.9 Å². The summed E-state index contributed by atoms with van der Waals surface area (Å²) in [5.74, 6) is -0.762. The van der Waals surface area contributed by atoms with E-state index in [4.69, 9.17) is 23.2 Å². The number of carbonyl (C=O) groups is 2. The number of hydrogen-bond donors (Lipinski definition) is 1. The highest BCUT2D eigenvalue weighted by molar-refractivity contribution is 7.92. The van der Waals surface area contributed by atoms with E-state index in [-0.39, 0.29) is 18.5 Å². The number of sulfonamides is 1. The van der Waals surface area contributed by atoms with Gasteiger partial charge in [-0.2, -0.15) is 0 Å². The van der Waals surface area contributed by atoms with Gasteiger partial charge < -0.3 is 10.2 Å². The number of amides is 2. The third-order valence-electron chi connectivity index (χ3n) is 6.98. The van der Waals surface area contributed by atoms with Crippen LogP contribution < -0.4 is 9.62 Å². The zero-order valence-electron chi connectivity index (χ0n) is 21.8. The molecule has 10 heteroatoms. The van der Waals surface area contributed by atoms with Gasteiger partial charge in [-0.25, -0.2) is 8.42 Å². The van der Waals surface area contributed by atoms with Gasteiger partial charge in [-0.1, -0.05) is 60.7 Å². The summed E-state index contributed by atoms with van der Waals surface area (Å²) >= 11 is 12.3. The lowest BCUT2D eigenvalue weighted by molar-refractivity contribution is -0.139. The lowest BCUT2D eigenvalue weighted by Crippen LogP contribution is -2.53. The van der Waals surface area contributed by atoms with Crippen molar-refractivity contribution in [2.45, 2.75) is 71.5 Å². The van der Waals surface area contributed by atoms with Gasteiger partial charge in [0.2, 0.25) is 21.8 Å². The Bertz CT molecular complexity index is 1250. The smallest absolute Gasteiger partial charge is 0.244 e. The quantitative estimate of drug-likeness (QED) is 0.448. The summed E-state index contributed by atoms with van der Waals surface area (Å²) in [5.41, 5.74) is 2.79. The molecule has 3 rings (SSSR count). The van der Waals surface area contributed by atoms with E-state index in [1.54, 1.807) is 37.3 Å². The Morgan fingerprint density at radius 2 is 1.73 bits per heavy atom. The van der Waals surface area contributed by atoms with Crippen molar-refractivity contribution in [2.24, 2.45) is 0 Å². The average Bonchev–Trinajstić information content (AvgIpc) is 2.84. The van der Waals surface area contributed by atoms with Gasteiger partial charge in [0.25, 0.3) is 0 Å². The molecule has 0 unspecified atom stereocenters. The van der Waals surface area contributed by atoms with Crippen LogP contribution in [0, 0.1) is 13.8 Å². The Kier molecular flexibility index (Phi) is 9.89. The fraction of sp³-hybridized carbons (Fsp3) is 0.481. The zero-order chi connectivity index (χ0) is 27.3. The predicted octanol–water partition coefficient (Wildman–Crippen LogP) is 5.24.